The lowest BCUT2D eigenvalue weighted by atomic mass is 10.1. The first-order chi connectivity index (χ1) is 17.3. The van der Waals surface area contributed by atoms with E-state index in [9.17, 15) is 10.2 Å². The average Bonchev–Trinajstić information content (AvgIpc) is 2.84. The topological polar surface area (TPSA) is 40.5 Å². The normalized spacial score (nSPS) is 14.4. The monoisotopic (exact) mass is 476 g/mol. The maximum Gasteiger partial charge on any atom is 0.116 e. The van der Waals surface area contributed by atoms with Gasteiger partial charge in [0.15, 0.2) is 0 Å². The second-order valence-corrected chi connectivity index (χ2v) is 8.60. The Balaban J connectivity index is 1.83. The summed E-state index contributed by atoms with van der Waals surface area (Å²) in [5.74, 6) is 0.547. The summed E-state index contributed by atoms with van der Waals surface area (Å²) < 4.78 is 0. The van der Waals surface area contributed by atoms with Crippen molar-refractivity contribution in [1.29, 1.82) is 0 Å². The van der Waals surface area contributed by atoms with Gasteiger partial charge in [0.25, 0.3) is 0 Å². The number of hydrogen-bond acceptors (Lipinski definition) is 2. The summed E-state index contributed by atoms with van der Waals surface area (Å²) in [6.45, 7) is 8.24. The van der Waals surface area contributed by atoms with E-state index in [1.807, 2.05) is 86.7 Å². The first kappa shape index (κ1) is 27.9. The minimum atomic E-state index is 0.274. The van der Waals surface area contributed by atoms with Gasteiger partial charge < -0.3 is 10.2 Å². The molecule has 36 heavy (non-hydrogen) atoms. The van der Waals surface area contributed by atoms with E-state index < -0.39 is 0 Å². The summed E-state index contributed by atoms with van der Waals surface area (Å²) in [5, 5.41) is 19.1. The number of phenolic OH excluding ortho intramolecular Hbond substituents is 2. The van der Waals surface area contributed by atoms with Gasteiger partial charge in [-0.25, -0.2) is 0 Å². The third kappa shape index (κ3) is 12.2. The minimum Gasteiger partial charge on any atom is -0.508 e. The molecule has 2 rings (SSSR count). The summed E-state index contributed by atoms with van der Waals surface area (Å²) in [4.78, 5) is 0. The lowest BCUT2D eigenvalue weighted by Gasteiger charge is -1.95. The second-order valence-electron chi connectivity index (χ2n) is 8.60. The summed E-state index contributed by atoms with van der Waals surface area (Å²) in [5.41, 5.74) is 6.51. The standard InChI is InChI=1S/C34H36O2/c1-27(13-7-15-29(3)21-23-31-17-9-19-33(35)25-31)11-5-6-12-28(2)14-8-16-30(4)22-24-32-18-10-20-34(36)26-32/h5-26,35-36H,1-4H3/b6-5+,13-7+,14-8+,23-21+,24-22+,27-11+,28-12+,29-15+,30-16+. The lowest BCUT2D eigenvalue weighted by Crippen LogP contribution is -1.72. The fourth-order valence-corrected chi connectivity index (χ4v) is 3.05. The molecule has 0 saturated carbocycles. The fraction of sp³-hybridized carbons (Fsp3) is 0.118. The zero-order valence-electron chi connectivity index (χ0n) is 21.6. The molecule has 0 amide bonds. The highest BCUT2D eigenvalue weighted by atomic mass is 16.3. The Kier molecular flexibility index (Phi) is 12.1. The van der Waals surface area contributed by atoms with Gasteiger partial charge in [-0.2, -0.15) is 0 Å². The second kappa shape index (κ2) is 15.6. The van der Waals surface area contributed by atoms with Crippen LogP contribution in [0.4, 0.5) is 0 Å². The molecular weight excluding hydrogens is 440 g/mol. The van der Waals surface area contributed by atoms with Gasteiger partial charge in [0.2, 0.25) is 0 Å². The van der Waals surface area contributed by atoms with Gasteiger partial charge in [0.05, 0.1) is 0 Å². The molecule has 2 nitrogen and oxygen atoms in total. The van der Waals surface area contributed by atoms with Crippen molar-refractivity contribution >= 4 is 12.2 Å². The zero-order valence-corrected chi connectivity index (χ0v) is 21.6. The van der Waals surface area contributed by atoms with Crippen LogP contribution in [-0.2, 0) is 0 Å². The van der Waals surface area contributed by atoms with Crippen LogP contribution in [0.15, 0.2) is 144 Å². The zero-order chi connectivity index (χ0) is 26.2. The Morgan fingerprint density at radius 2 is 0.861 bits per heavy atom. The lowest BCUT2D eigenvalue weighted by molar-refractivity contribution is 0.474. The van der Waals surface area contributed by atoms with Gasteiger partial charge in [0.1, 0.15) is 11.5 Å². The first-order valence-corrected chi connectivity index (χ1v) is 12.0. The highest BCUT2D eigenvalue weighted by molar-refractivity contribution is 5.55. The number of benzene rings is 2. The van der Waals surface area contributed by atoms with Crippen LogP contribution in [0.1, 0.15) is 38.8 Å². The van der Waals surface area contributed by atoms with E-state index in [0.29, 0.717) is 0 Å². The van der Waals surface area contributed by atoms with E-state index in [4.69, 9.17) is 0 Å². The molecule has 0 spiro atoms. The van der Waals surface area contributed by atoms with Crippen molar-refractivity contribution in [2.45, 2.75) is 27.7 Å². The Morgan fingerprint density at radius 1 is 0.500 bits per heavy atom. The first-order valence-electron chi connectivity index (χ1n) is 12.0. The molecule has 184 valence electrons. The van der Waals surface area contributed by atoms with Gasteiger partial charge in [-0.15, -0.1) is 0 Å². The van der Waals surface area contributed by atoms with Crippen LogP contribution in [-0.4, -0.2) is 10.2 Å². The molecule has 0 fully saturated rings. The maximum atomic E-state index is 9.53. The van der Waals surface area contributed by atoms with Gasteiger partial charge >= 0.3 is 0 Å². The van der Waals surface area contributed by atoms with E-state index in [1.165, 1.54) is 0 Å². The van der Waals surface area contributed by atoms with E-state index in [-0.39, 0.29) is 11.5 Å². The summed E-state index contributed by atoms with van der Waals surface area (Å²) in [7, 11) is 0. The molecule has 2 heteroatoms. The Hall–Kier alpha value is -4.30. The summed E-state index contributed by atoms with van der Waals surface area (Å²) in [6.07, 6.45) is 28.6. The molecule has 0 aromatic heterocycles. The molecule has 0 aliphatic rings. The number of aromatic hydroxyl groups is 2. The predicted molar refractivity (Wildman–Crippen MR) is 157 cm³/mol. The van der Waals surface area contributed by atoms with Crippen molar-refractivity contribution in [3.63, 3.8) is 0 Å². The Bertz CT molecular complexity index is 1170. The number of rotatable bonds is 10. The third-order valence-corrected chi connectivity index (χ3v) is 5.08. The highest BCUT2D eigenvalue weighted by Crippen LogP contribution is 2.14. The fourth-order valence-electron chi connectivity index (χ4n) is 3.05. The quantitative estimate of drug-likeness (QED) is 0.335. The van der Waals surface area contributed by atoms with Crippen molar-refractivity contribution in [3.05, 3.63) is 155 Å². The number of hydrogen-bond donors (Lipinski definition) is 2. The molecule has 2 N–H and O–H groups in total. The Morgan fingerprint density at radius 3 is 1.25 bits per heavy atom. The Labute approximate surface area is 216 Å². The van der Waals surface area contributed by atoms with Crippen molar-refractivity contribution in [2.75, 3.05) is 0 Å². The number of allylic oxidation sites excluding steroid dienone is 16. The van der Waals surface area contributed by atoms with Crippen LogP contribution in [0.2, 0.25) is 0 Å². The smallest absolute Gasteiger partial charge is 0.116 e. The van der Waals surface area contributed by atoms with Crippen LogP contribution in [0, 0.1) is 0 Å². The van der Waals surface area contributed by atoms with Crippen LogP contribution in [0.25, 0.3) is 12.2 Å². The van der Waals surface area contributed by atoms with Crippen molar-refractivity contribution in [2.24, 2.45) is 0 Å². The molecule has 0 atom stereocenters. The van der Waals surface area contributed by atoms with Gasteiger partial charge in [-0.3, -0.25) is 0 Å². The largest absolute Gasteiger partial charge is 0.508 e. The molecule has 0 aliphatic heterocycles. The molecule has 2 aromatic carbocycles. The van der Waals surface area contributed by atoms with Crippen molar-refractivity contribution in [3.8, 4) is 11.5 Å². The average molecular weight is 477 g/mol. The van der Waals surface area contributed by atoms with Crippen LogP contribution >= 0.6 is 0 Å². The van der Waals surface area contributed by atoms with E-state index in [0.717, 1.165) is 33.4 Å². The third-order valence-electron chi connectivity index (χ3n) is 5.08. The van der Waals surface area contributed by atoms with Crippen molar-refractivity contribution in [1.82, 2.24) is 0 Å². The van der Waals surface area contributed by atoms with Gasteiger partial charge in [-0.05, 0) is 63.1 Å². The molecule has 0 bridgehead atoms. The van der Waals surface area contributed by atoms with Gasteiger partial charge in [-0.1, -0.05) is 132 Å². The number of phenols is 2. The summed E-state index contributed by atoms with van der Waals surface area (Å²) in [6, 6.07) is 14.4. The SMILES string of the molecule is CC(/C=C/C=C(C)/C=C/c1cccc(O)c1)=C\C=C\C=C(C)\C=C\C=C(C)\C=C\c1cccc(O)c1. The maximum absolute atomic E-state index is 9.53. The van der Waals surface area contributed by atoms with Crippen molar-refractivity contribution < 1.29 is 10.2 Å². The summed E-state index contributed by atoms with van der Waals surface area (Å²) >= 11 is 0. The van der Waals surface area contributed by atoms with Crippen LogP contribution < -0.4 is 0 Å². The minimum absolute atomic E-state index is 0.274. The molecule has 2 aromatic rings. The van der Waals surface area contributed by atoms with Crippen LogP contribution in [0.3, 0.4) is 0 Å². The molecule has 0 unspecified atom stereocenters. The molecule has 0 radical (unpaired) electrons. The molecular formula is C34H36O2. The highest BCUT2D eigenvalue weighted by Gasteiger charge is 1.90. The molecule has 0 aliphatic carbocycles. The van der Waals surface area contributed by atoms with Crippen LogP contribution in [0.5, 0.6) is 11.5 Å². The molecule has 0 saturated heterocycles. The van der Waals surface area contributed by atoms with E-state index in [1.54, 1.807) is 24.3 Å². The predicted octanol–water partition coefficient (Wildman–Crippen LogP) is 9.28. The van der Waals surface area contributed by atoms with E-state index >= 15 is 0 Å². The molecule has 0 heterocycles. The van der Waals surface area contributed by atoms with Gasteiger partial charge in [0, 0.05) is 0 Å². The van der Waals surface area contributed by atoms with E-state index in [2.05, 4.69) is 50.3 Å².